The monoisotopic (exact) mass is 227 g/mol. The lowest BCUT2D eigenvalue weighted by Gasteiger charge is -1.94. The van der Waals surface area contributed by atoms with Crippen LogP contribution in [0.2, 0.25) is 0 Å². The highest BCUT2D eigenvalue weighted by molar-refractivity contribution is 7.13. The van der Waals surface area contributed by atoms with E-state index in [0.29, 0.717) is 0 Å². The van der Waals surface area contributed by atoms with Gasteiger partial charge in [0.05, 0.1) is 0 Å². The first-order valence-electron chi connectivity index (χ1n) is 3.29. The molecule has 8 heteroatoms. The Morgan fingerprint density at radius 3 is 2.71 bits per heavy atom. The summed E-state index contributed by atoms with van der Waals surface area (Å²) in [6.07, 6.45) is -2.98. The number of hydrogen-bond acceptors (Lipinski definition) is 4. The predicted molar refractivity (Wildman–Crippen MR) is 40.2 cm³/mol. The highest BCUT2D eigenvalue weighted by Crippen LogP contribution is 2.31. The summed E-state index contributed by atoms with van der Waals surface area (Å²) >= 11 is 0.288. The van der Waals surface area contributed by atoms with Crippen LogP contribution in [-0.2, 0) is 4.79 Å². The highest BCUT2D eigenvalue weighted by Gasteiger charge is 2.20. The molecule has 4 nitrogen and oxygen atoms in total. The number of thiazole rings is 1. The Bertz CT molecular complexity index is 341. The van der Waals surface area contributed by atoms with Crippen molar-refractivity contribution in [3.05, 3.63) is 10.8 Å². The van der Waals surface area contributed by atoms with Crippen molar-refractivity contribution < 1.29 is 27.8 Å². The van der Waals surface area contributed by atoms with Gasteiger partial charge in [0, 0.05) is 0 Å². The van der Waals surface area contributed by atoms with Crippen LogP contribution in [0.4, 0.5) is 13.2 Å². The van der Waals surface area contributed by atoms with Crippen LogP contribution in [0.25, 0.3) is 0 Å². The SMILES string of the molecule is O=C(O)COc1nc(F)c(C(F)F)s1. The van der Waals surface area contributed by atoms with Crippen LogP contribution >= 0.6 is 11.3 Å². The van der Waals surface area contributed by atoms with Crippen LogP contribution in [0.5, 0.6) is 5.19 Å². The van der Waals surface area contributed by atoms with Crippen molar-refractivity contribution in [1.82, 2.24) is 4.98 Å². The Labute approximate surface area is 80.0 Å². The molecule has 0 radical (unpaired) electrons. The van der Waals surface area contributed by atoms with Gasteiger partial charge in [-0.2, -0.15) is 9.37 Å². The van der Waals surface area contributed by atoms with Crippen LogP contribution in [-0.4, -0.2) is 22.7 Å². The molecule has 1 heterocycles. The summed E-state index contributed by atoms with van der Waals surface area (Å²) in [6.45, 7) is -0.740. The second-order valence-electron chi connectivity index (χ2n) is 2.12. The molecule has 0 aliphatic rings. The van der Waals surface area contributed by atoms with Crippen molar-refractivity contribution in [2.75, 3.05) is 6.61 Å². The fourth-order valence-electron chi connectivity index (χ4n) is 0.614. The number of halogens is 3. The van der Waals surface area contributed by atoms with E-state index >= 15 is 0 Å². The first kappa shape index (κ1) is 10.8. The van der Waals surface area contributed by atoms with Crippen molar-refractivity contribution in [2.24, 2.45) is 0 Å². The molecule has 0 bridgehead atoms. The van der Waals surface area contributed by atoms with Crippen LogP contribution in [0, 0.1) is 5.95 Å². The first-order valence-corrected chi connectivity index (χ1v) is 4.11. The average molecular weight is 227 g/mol. The summed E-state index contributed by atoms with van der Waals surface area (Å²) in [5.74, 6) is -2.62. The smallest absolute Gasteiger partial charge is 0.341 e. The number of rotatable bonds is 4. The van der Waals surface area contributed by atoms with E-state index in [4.69, 9.17) is 5.11 Å². The summed E-state index contributed by atoms with van der Waals surface area (Å²) in [6, 6.07) is 0. The van der Waals surface area contributed by atoms with E-state index in [1.807, 2.05) is 0 Å². The van der Waals surface area contributed by atoms with Crippen molar-refractivity contribution in [3.8, 4) is 5.19 Å². The molecule has 0 atom stereocenters. The molecule has 0 saturated carbocycles. The molecule has 0 amide bonds. The minimum atomic E-state index is -2.98. The van der Waals surface area contributed by atoms with E-state index < -0.39 is 35.0 Å². The normalized spacial score (nSPS) is 10.6. The van der Waals surface area contributed by atoms with Gasteiger partial charge in [-0.1, -0.05) is 11.3 Å². The Morgan fingerprint density at radius 2 is 2.29 bits per heavy atom. The van der Waals surface area contributed by atoms with E-state index in [-0.39, 0.29) is 11.3 Å². The molecule has 0 aromatic carbocycles. The van der Waals surface area contributed by atoms with Crippen LogP contribution in [0.1, 0.15) is 11.3 Å². The maximum Gasteiger partial charge on any atom is 0.341 e. The summed E-state index contributed by atoms with van der Waals surface area (Å²) in [5, 5.41) is 7.75. The number of carbonyl (C=O) groups is 1. The lowest BCUT2D eigenvalue weighted by Crippen LogP contribution is -2.09. The van der Waals surface area contributed by atoms with E-state index in [1.54, 1.807) is 0 Å². The standard InChI is InChI=1S/C6H4F3NO3S/c7-4(8)3-5(9)10-6(14-3)13-1-2(11)12/h4H,1H2,(H,11,12). The van der Waals surface area contributed by atoms with Crippen molar-refractivity contribution >= 4 is 17.3 Å². The lowest BCUT2D eigenvalue weighted by molar-refractivity contribution is -0.139. The van der Waals surface area contributed by atoms with E-state index in [1.165, 1.54) is 0 Å². The van der Waals surface area contributed by atoms with E-state index in [0.717, 1.165) is 0 Å². The Kier molecular flexibility index (Phi) is 3.28. The zero-order valence-electron chi connectivity index (χ0n) is 6.54. The number of carboxylic acid groups (broad SMARTS) is 1. The van der Waals surface area contributed by atoms with E-state index in [2.05, 4.69) is 9.72 Å². The zero-order valence-corrected chi connectivity index (χ0v) is 7.35. The summed E-state index contributed by atoms with van der Waals surface area (Å²) < 4.78 is 41.0. The van der Waals surface area contributed by atoms with E-state index in [9.17, 15) is 18.0 Å². The molecule has 0 aliphatic heterocycles. The third-order valence-corrected chi connectivity index (χ3v) is 2.06. The molecule has 0 fully saturated rings. The van der Waals surface area contributed by atoms with Crippen LogP contribution in [0.3, 0.4) is 0 Å². The molecular weight excluding hydrogens is 223 g/mol. The molecule has 1 N–H and O–H groups in total. The topological polar surface area (TPSA) is 59.4 Å². The molecule has 1 aromatic heterocycles. The Balaban J connectivity index is 2.71. The number of hydrogen-bond donors (Lipinski definition) is 1. The van der Waals surface area contributed by atoms with Crippen molar-refractivity contribution in [3.63, 3.8) is 0 Å². The predicted octanol–water partition coefficient (Wildman–Crippen LogP) is 1.68. The minimum Gasteiger partial charge on any atom is -0.479 e. The number of aliphatic carboxylic acids is 1. The number of ether oxygens (including phenoxy) is 1. The molecule has 1 aromatic rings. The minimum absolute atomic E-state index is 0.288. The molecule has 78 valence electrons. The van der Waals surface area contributed by atoms with Crippen LogP contribution in [0.15, 0.2) is 0 Å². The summed E-state index contributed by atoms with van der Waals surface area (Å²) in [5.41, 5.74) is 0. The fourth-order valence-corrected chi connectivity index (χ4v) is 1.26. The quantitative estimate of drug-likeness (QED) is 0.850. The van der Waals surface area contributed by atoms with Crippen molar-refractivity contribution in [1.29, 1.82) is 0 Å². The molecule has 14 heavy (non-hydrogen) atoms. The van der Waals surface area contributed by atoms with Crippen LogP contribution < -0.4 is 4.74 Å². The largest absolute Gasteiger partial charge is 0.479 e. The third-order valence-electron chi connectivity index (χ3n) is 1.11. The second kappa shape index (κ2) is 4.27. The Hall–Kier alpha value is -1.31. The average Bonchev–Trinajstić information content (AvgIpc) is 2.43. The molecule has 0 unspecified atom stereocenters. The molecule has 1 rings (SSSR count). The van der Waals surface area contributed by atoms with Gasteiger partial charge in [-0.15, -0.1) is 0 Å². The van der Waals surface area contributed by atoms with Gasteiger partial charge in [0.15, 0.2) is 6.61 Å². The van der Waals surface area contributed by atoms with Gasteiger partial charge in [0.1, 0.15) is 4.88 Å². The second-order valence-corrected chi connectivity index (χ2v) is 3.11. The lowest BCUT2D eigenvalue weighted by atomic mass is 10.6. The maximum absolute atomic E-state index is 12.6. The maximum atomic E-state index is 12.6. The van der Waals surface area contributed by atoms with Gasteiger partial charge in [0.2, 0.25) is 5.95 Å². The molecule has 0 saturated heterocycles. The zero-order chi connectivity index (χ0) is 10.7. The first-order chi connectivity index (χ1) is 6.50. The molecule has 0 spiro atoms. The third kappa shape index (κ3) is 2.59. The highest BCUT2D eigenvalue weighted by atomic mass is 32.1. The van der Waals surface area contributed by atoms with Gasteiger partial charge < -0.3 is 9.84 Å². The summed E-state index contributed by atoms with van der Waals surface area (Å²) in [7, 11) is 0. The Morgan fingerprint density at radius 1 is 1.64 bits per heavy atom. The molecular formula is C6H4F3NO3S. The van der Waals surface area contributed by atoms with Gasteiger partial charge >= 0.3 is 5.97 Å². The number of carboxylic acids is 1. The fraction of sp³-hybridized carbons (Fsp3) is 0.333. The summed E-state index contributed by atoms with van der Waals surface area (Å²) in [4.78, 5) is 12.1. The van der Waals surface area contributed by atoms with Gasteiger partial charge in [0.25, 0.3) is 11.6 Å². The number of nitrogens with zero attached hydrogens (tertiary/aromatic N) is 1. The van der Waals surface area contributed by atoms with Crippen molar-refractivity contribution in [2.45, 2.75) is 6.43 Å². The van der Waals surface area contributed by atoms with Gasteiger partial charge in [-0.3, -0.25) is 0 Å². The van der Waals surface area contributed by atoms with Gasteiger partial charge in [-0.25, -0.2) is 13.6 Å². The number of alkyl halides is 2. The number of aromatic nitrogens is 1. The molecule has 0 aliphatic carbocycles. The van der Waals surface area contributed by atoms with Gasteiger partial charge in [-0.05, 0) is 0 Å².